The molecule has 1 fully saturated rings. The fourth-order valence-electron chi connectivity index (χ4n) is 4.00. The number of aliphatic hydroxyl groups excluding tert-OH is 1. The van der Waals surface area contributed by atoms with E-state index in [2.05, 4.69) is 0 Å². The van der Waals surface area contributed by atoms with Gasteiger partial charge in [0.25, 0.3) is 0 Å². The van der Waals surface area contributed by atoms with Crippen LogP contribution in [-0.4, -0.2) is 37.0 Å². The molecule has 0 bridgehead atoms. The Hall–Kier alpha value is -2.21. The molecule has 2 aromatic rings. The molecule has 4 atom stereocenters. The van der Waals surface area contributed by atoms with Crippen molar-refractivity contribution in [3.8, 4) is 0 Å². The Morgan fingerprint density at radius 2 is 1.59 bits per heavy atom. The lowest BCUT2D eigenvalue weighted by atomic mass is 9.74. The minimum Gasteiger partial charge on any atom is -0.469 e. The molecule has 156 valence electrons. The summed E-state index contributed by atoms with van der Waals surface area (Å²) in [6.07, 6.45) is 0.696. The van der Waals surface area contributed by atoms with Crippen molar-refractivity contribution >= 4 is 5.97 Å². The first-order valence-corrected chi connectivity index (χ1v) is 10.2. The number of rotatable bonds is 9. The highest BCUT2D eigenvalue weighted by molar-refractivity contribution is 5.69. The SMILES string of the molecule is COC(=O)C[C@H]1C[C@@H](O)C[C@H](OCc2ccccc2)[C@H]1COCc1ccccc1. The predicted octanol–water partition coefficient (Wildman–Crippen LogP) is 3.74. The summed E-state index contributed by atoms with van der Waals surface area (Å²) < 4.78 is 17.1. The van der Waals surface area contributed by atoms with Crippen LogP contribution < -0.4 is 0 Å². The van der Waals surface area contributed by atoms with Crippen LogP contribution in [0.4, 0.5) is 0 Å². The molecule has 0 heterocycles. The van der Waals surface area contributed by atoms with Crippen molar-refractivity contribution in [2.24, 2.45) is 11.8 Å². The molecule has 5 nitrogen and oxygen atoms in total. The molecule has 1 aliphatic carbocycles. The van der Waals surface area contributed by atoms with Crippen molar-refractivity contribution in [1.29, 1.82) is 0 Å². The first-order valence-electron chi connectivity index (χ1n) is 10.2. The molecular weight excluding hydrogens is 368 g/mol. The second-order valence-electron chi connectivity index (χ2n) is 7.67. The normalized spacial score (nSPS) is 24.2. The molecule has 3 rings (SSSR count). The second-order valence-corrected chi connectivity index (χ2v) is 7.67. The minimum atomic E-state index is -0.490. The Morgan fingerprint density at radius 1 is 0.966 bits per heavy atom. The molecule has 29 heavy (non-hydrogen) atoms. The van der Waals surface area contributed by atoms with Crippen LogP contribution >= 0.6 is 0 Å². The summed E-state index contributed by atoms with van der Waals surface area (Å²) in [6.45, 7) is 1.46. The molecule has 0 radical (unpaired) electrons. The maximum absolute atomic E-state index is 11.9. The molecule has 0 aliphatic heterocycles. The van der Waals surface area contributed by atoms with E-state index in [9.17, 15) is 9.90 Å². The third kappa shape index (κ3) is 6.67. The van der Waals surface area contributed by atoms with E-state index in [0.717, 1.165) is 11.1 Å². The standard InChI is InChI=1S/C24H30O5/c1-27-24(26)13-20-12-21(25)14-23(29-16-19-10-6-3-7-11-19)22(20)17-28-15-18-8-4-2-5-9-18/h2-11,20-23,25H,12-17H2,1H3/t20-,21-,22+,23+/m1/s1. The molecule has 0 saturated heterocycles. The van der Waals surface area contributed by atoms with Gasteiger partial charge >= 0.3 is 5.97 Å². The predicted molar refractivity (Wildman–Crippen MR) is 110 cm³/mol. The van der Waals surface area contributed by atoms with Crippen molar-refractivity contribution in [2.75, 3.05) is 13.7 Å². The zero-order valence-corrected chi connectivity index (χ0v) is 16.9. The smallest absolute Gasteiger partial charge is 0.305 e. The number of ether oxygens (including phenoxy) is 3. The molecule has 2 aromatic carbocycles. The average molecular weight is 398 g/mol. The Labute approximate surface area is 172 Å². The molecule has 1 saturated carbocycles. The van der Waals surface area contributed by atoms with E-state index in [0.29, 0.717) is 32.7 Å². The van der Waals surface area contributed by atoms with Gasteiger partial charge in [-0.1, -0.05) is 60.7 Å². The summed E-state index contributed by atoms with van der Waals surface area (Å²) in [5, 5.41) is 10.4. The number of benzene rings is 2. The van der Waals surface area contributed by atoms with Crippen molar-refractivity contribution < 1.29 is 24.1 Å². The van der Waals surface area contributed by atoms with Crippen LogP contribution in [-0.2, 0) is 32.2 Å². The van der Waals surface area contributed by atoms with Crippen molar-refractivity contribution in [3.05, 3.63) is 71.8 Å². The number of carbonyl (C=O) groups excluding carboxylic acids is 1. The van der Waals surface area contributed by atoms with Crippen molar-refractivity contribution in [3.63, 3.8) is 0 Å². The molecular formula is C24H30O5. The summed E-state index contributed by atoms with van der Waals surface area (Å²) in [5.41, 5.74) is 2.19. The van der Waals surface area contributed by atoms with Gasteiger partial charge in [-0.2, -0.15) is 0 Å². The van der Waals surface area contributed by atoms with Crippen LogP contribution in [0.2, 0.25) is 0 Å². The topological polar surface area (TPSA) is 65.0 Å². The average Bonchev–Trinajstić information content (AvgIpc) is 2.75. The van der Waals surface area contributed by atoms with Gasteiger partial charge < -0.3 is 19.3 Å². The number of methoxy groups -OCH3 is 1. The van der Waals surface area contributed by atoms with Gasteiger partial charge in [0.2, 0.25) is 0 Å². The largest absolute Gasteiger partial charge is 0.469 e. The lowest BCUT2D eigenvalue weighted by Gasteiger charge is -2.39. The van der Waals surface area contributed by atoms with Gasteiger partial charge in [0.15, 0.2) is 0 Å². The molecule has 1 N–H and O–H groups in total. The fourth-order valence-corrected chi connectivity index (χ4v) is 4.00. The minimum absolute atomic E-state index is 0.0184. The highest BCUT2D eigenvalue weighted by Crippen LogP contribution is 2.36. The molecule has 0 amide bonds. The first-order chi connectivity index (χ1) is 14.2. The van der Waals surface area contributed by atoms with Crippen LogP contribution in [0.3, 0.4) is 0 Å². The maximum atomic E-state index is 11.9. The Balaban J connectivity index is 1.66. The summed E-state index contributed by atoms with van der Waals surface area (Å²) in [7, 11) is 1.39. The van der Waals surface area contributed by atoms with Gasteiger partial charge in [-0.05, 0) is 29.9 Å². The lowest BCUT2D eigenvalue weighted by molar-refractivity contribution is -0.147. The highest BCUT2D eigenvalue weighted by atomic mass is 16.5. The van der Waals surface area contributed by atoms with Crippen molar-refractivity contribution in [2.45, 2.75) is 44.7 Å². The van der Waals surface area contributed by atoms with E-state index in [4.69, 9.17) is 14.2 Å². The van der Waals surface area contributed by atoms with Crippen LogP contribution in [0.5, 0.6) is 0 Å². The number of hydrogen-bond donors (Lipinski definition) is 1. The van der Waals surface area contributed by atoms with Crippen LogP contribution in [0, 0.1) is 11.8 Å². The van der Waals surface area contributed by atoms with E-state index < -0.39 is 6.10 Å². The summed E-state index contributed by atoms with van der Waals surface area (Å²) >= 11 is 0. The van der Waals surface area contributed by atoms with E-state index in [1.807, 2.05) is 60.7 Å². The van der Waals surface area contributed by atoms with Crippen LogP contribution in [0.25, 0.3) is 0 Å². The quantitative estimate of drug-likeness (QED) is 0.652. The lowest BCUT2D eigenvalue weighted by Crippen LogP contribution is -2.43. The van der Waals surface area contributed by atoms with Gasteiger partial charge in [0, 0.05) is 12.3 Å². The molecule has 0 unspecified atom stereocenters. The van der Waals surface area contributed by atoms with Gasteiger partial charge in [-0.3, -0.25) is 4.79 Å². The fraction of sp³-hybridized carbons (Fsp3) is 0.458. The number of aliphatic hydroxyl groups is 1. The van der Waals surface area contributed by atoms with Gasteiger partial charge in [-0.15, -0.1) is 0 Å². The van der Waals surface area contributed by atoms with Crippen molar-refractivity contribution in [1.82, 2.24) is 0 Å². The Morgan fingerprint density at radius 3 is 2.21 bits per heavy atom. The van der Waals surface area contributed by atoms with Crippen LogP contribution in [0.1, 0.15) is 30.4 Å². The van der Waals surface area contributed by atoms with E-state index in [1.54, 1.807) is 0 Å². The Bertz CT molecular complexity index is 733. The van der Waals surface area contributed by atoms with Gasteiger partial charge in [-0.25, -0.2) is 0 Å². The zero-order chi connectivity index (χ0) is 20.5. The monoisotopic (exact) mass is 398 g/mol. The molecule has 5 heteroatoms. The highest BCUT2D eigenvalue weighted by Gasteiger charge is 2.39. The summed E-state index contributed by atoms with van der Waals surface area (Å²) in [6, 6.07) is 20.0. The zero-order valence-electron chi connectivity index (χ0n) is 16.9. The maximum Gasteiger partial charge on any atom is 0.305 e. The number of esters is 1. The first kappa shape index (κ1) is 21.5. The second kappa shape index (κ2) is 11.1. The third-order valence-electron chi connectivity index (χ3n) is 5.55. The van der Waals surface area contributed by atoms with Crippen LogP contribution in [0.15, 0.2) is 60.7 Å². The third-order valence-corrected chi connectivity index (χ3v) is 5.55. The Kier molecular flexibility index (Phi) is 8.23. The van der Waals surface area contributed by atoms with Gasteiger partial charge in [0.1, 0.15) is 0 Å². The number of carbonyl (C=O) groups is 1. The van der Waals surface area contributed by atoms with E-state index >= 15 is 0 Å². The molecule has 0 spiro atoms. The molecule has 0 aromatic heterocycles. The summed E-state index contributed by atoms with van der Waals surface area (Å²) in [5.74, 6) is -0.286. The number of hydrogen-bond acceptors (Lipinski definition) is 5. The van der Waals surface area contributed by atoms with E-state index in [1.165, 1.54) is 7.11 Å². The summed E-state index contributed by atoms with van der Waals surface area (Å²) in [4.78, 5) is 11.9. The molecule has 1 aliphatic rings. The van der Waals surface area contributed by atoms with Gasteiger partial charge in [0.05, 0.1) is 39.1 Å². The van der Waals surface area contributed by atoms with E-state index in [-0.39, 0.29) is 30.3 Å².